The SMILES string of the molecule is COc1ccc(N(CC(=O)Nc2ccc3ccccc3c2)S(=O)(=O)c2ccc(NC(C)=O)cc2)cc1. The summed E-state index contributed by atoms with van der Waals surface area (Å²) >= 11 is 0. The number of hydrogen-bond donors (Lipinski definition) is 2. The van der Waals surface area contributed by atoms with Gasteiger partial charge in [-0.1, -0.05) is 30.3 Å². The van der Waals surface area contributed by atoms with Gasteiger partial charge in [0.25, 0.3) is 10.0 Å². The van der Waals surface area contributed by atoms with Gasteiger partial charge in [0.15, 0.2) is 0 Å². The van der Waals surface area contributed by atoms with E-state index in [1.165, 1.54) is 38.3 Å². The highest BCUT2D eigenvalue weighted by molar-refractivity contribution is 7.92. The van der Waals surface area contributed by atoms with Gasteiger partial charge in [-0.25, -0.2) is 8.42 Å². The molecular weight excluding hydrogens is 478 g/mol. The second kappa shape index (κ2) is 10.5. The van der Waals surface area contributed by atoms with Crippen LogP contribution in [0.3, 0.4) is 0 Å². The number of ether oxygens (including phenoxy) is 1. The van der Waals surface area contributed by atoms with E-state index in [2.05, 4.69) is 10.6 Å². The molecule has 9 heteroatoms. The molecule has 184 valence electrons. The Labute approximate surface area is 209 Å². The van der Waals surface area contributed by atoms with E-state index >= 15 is 0 Å². The largest absolute Gasteiger partial charge is 0.497 e. The molecule has 0 spiro atoms. The summed E-state index contributed by atoms with van der Waals surface area (Å²) in [6.07, 6.45) is 0. The van der Waals surface area contributed by atoms with Crippen LogP contribution in [0.1, 0.15) is 6.92 Å². The molecular formula is C27H25N3O5S. The first-order chi connectivity index (χ1) is 17.3. The van der Waals surface area contributed by atoms with Crippen LogP contribution in [0, 0.1) is 0 Å². The minimum atomic E-state index is -4.12. The number of nitrogens with zero attached hydrogens (tertiary/aromatic N) is 1. The average Bonchev–Trinajstić information content (AvgIpc) is 2.87. The van der Waals surface area contributed by atoms with Crippen molar-refractivity contribution in [1.82, 2.24) is 0 Å². The first-order valence-corrected chi connectivity index (χ1v) is 12.5. The van der Waals surface area contributed by atoms with Crippen LogP contribution >= 0.6 is 0 Å². The zero-order valence-corrected chi connectivity index (χ0v) is 20.6. The number of fused-ring (bicyclic) bond motifs is 1. The third kappa shape index (κ3) is 5.64. The van der Waals surface area contributed by atoms with Crippen molar-refractivity contribution in [2.45, 2.75) is 11.8 Å². The van der Waals surface area contributed by atoms with Gasteiger partial charge in [0.05, 0.1) is 17.7 Å². The van der Waals surface area contributed by atoms with E-state index in [9.17, 15) is 18.0 Å². The number of hydrogen-bond acceptors (Lipinski definition) is 5. The molecule has 0 atom stereocenters. The second-order valence-corrected chi connectivity index (χ2v) is 9.89. The molecule has 4 aromatic carbocycles. The minimum Gasteiger partial charge on any atom is -0.497 e. The quantitative estimate of drug-likeness (QED) is 0.365. The van der Waals surface area contributed by atoms with Gasteiger partial charge >= 0.3 is 0 Å². The van der Waals surface area contributed by atoms with Gasteiger partial charge < -0.3 is 15.4 Å². The standard InChI is InChI=1S/C27H25N3O5S/c1-19(31)28-22-9-15-26(16-10-22)36(33,34)30(24-11-13-25(35-2)14-12-24)18-27(32)29-23-8-7-20-5-3-4-6-21(20)17-23/h3-17H,18H2,1-2H3,(H,28,31)(H,29,32). The van der Waals surface area contributed by atoms with Crippen LogP contribution in [0.25, 0.3) is 10.8 Å². The van der Waals surface area contributed by atoms with Gasteiger partial charge in [0, 0.05) is 18.3 Å². The number of carbonyl (C=O) groups is 2. The van der Waals surface area contributed by atoms with Crippen molar-refractivity contribution >= 4 is 49.7 Å². The number of benzene rings is 4. The third-order valence-corrected chi connectivity index (χ3v) is 7.23. The van der Waals surface area contributed by atoms with Crippen molar-refractivity contribution in [3.63, 3.8) is 0 Å². The van der Waals surface area contributed by atoms with Crippen LogP contribution in [0.2, 0.25) is 0 Å². The van der Waals surface area contributed by atoms with Crippen LogP contribution in [-0.4, -0.2) is 33.9 Å². The molecule has 0 aliphatic carbocycles. The summed E-state index contributed by atoms with van der Waals surface area (Å²) in [6.45, 7) is 0.916. The molecule has 0 aliphatic rings. The van der Waals surface area contributed by atoms with Gasteiger partial charge in [-0.2, -0.15) is 0 Å². The first-order valence-electron chi connectivity index (χ1n) is 11.1. The van der Waals surface area contributed by atoms with Crippen LogP contribution in [0.5, 0.6) is 5.75 Å². The number of anilines is 3. The Morgan fingerprint density at radius 2 is 1.44 bits per heavy atom. The third-order valence-electron chi connectivity index (χ3n) is 5.44. The number of sulfonamides is 1. The van der Waals surface area contributed by atoms with Crippen molar-refractivity contribution in [2.24, 2.45) is 0 Å². The highest BCUT2D eigenvalue weighted by atomic mass is 32.2. The molecule has 0 saturated carbocycles. The van der Waals surface area contributed by atoms with Crippen LogP contribution in [0.4, 0.5) is 17.1 Å². The van der Waals surface area contributed by atoms with E-state index in [1.807, 2.05) is 36.4 Å². The Morgan fingerprint density at radius 1 is 0.806 bits per heavy atom. The van der Waals surface area contributed by atoms with Crippen LogP contribution in [-0.2, 0) is 19.6 Å². The average molecular weight is 504 g/mol. The Bertz CT molecular complexity index is 1500. The minimum absolute atomic E-state index is 0.0223. The summed E-state index contributed by atoms with van der Waals surface area (Å²) in [6, 6.07) is 25.4. The fraction of sp³-hybridized carbons (Fsp3) is 0.111. The Balaban J connectivity index is 1.63. The van der Waals surface area contributed by atoms with Crippen molar-refractivity contribution in [1.29, 1.82) is 0 Å². The molecule has 0 saturated heterocycles. The number of carbonyl (C=O) groups excluding carboxylic acids is 2. The van der Waals surface area contributed by atoms with Crippen molar-refractivity contribution in [2.75, 3.05) is 28.6 Å². The summed E-state index contributed by atoms with van der Waals surface area (Å²) in [7, 11) is -2.61. The molecule has 2 N–H and O–H groups in total. The van der Waals surface area contributed by atoms with E-state index in [0.29, 0.717) is 22.8 Å². The molecule has 0 fully saturated rings. The summed E-state index contributed by atoms with van der Waals surface area (Å²) in [5, 5.41) is 7.38. The van der Waals surface area contributed by atoms with Crippen molar-refractivity contribution in [3.8, 4) is 5.75 Å². The zero-order valence-electron chi connectivity index (χ0n) is 19.8. The number of amides is 2. The zero-order chi connectivity index (χ0) is 25.7. The molecule has 36 heavy (non-hydrogen) atoms. The van der Waals surface area contributed by atoms with Gasteiger partial charge in [-0.3, -0.25) is 13.9 Å². The second-order valence-electron chi connectivity index (χ2n) is 8.03. The highest BCUT2D eigenvalue weighted by Crippen LogP contribution is 2.27. The lowest BCUT2D eigenvalue weighted by molar-refractivity contribution is -0.115. The maximum absolute atomic E-state index is 13.6. The summed E-state index contributed by atoms with van der Waals surface area (Å²) in [5.74, 6) is -0.216. The molecule has 0 heterocycles. The fourth-order valence-electron chi connectivity index (χ4n) is 3.70. The maximum Gasteiger partial charge on any atom is 0.264 e. The fourth-order valence-corrected chi connectivity index (χ4v) is 5.12. The molecule has 0 aromatic heterocycles. The molecule has 0 aliphatic heterocycles. The molecule has 0 bridgehead atoms. The molecule has 2 amide bonds. The summed E-state index contributed by atoms with van der Waals surface area (Å²) in [5.41, 5.74) is 1.33. The monoisotopic (exact) mass is 503 g/mol. The topological polar surface area (TPSA) is 105 Å². The lowest BCUT2D eigenvalue weighted by Gasteiger charge is -2.24. The van der Waals surface area contributed by atoms with Crippen molar-refractivity contribution in [3.05, 3.63) is 91.0 Å². The van der Waals surface area contributed by atoms with E-state index in [1.54, 1.807) is 30.3 Å². The number of rotatable bonds is 8. The summed E-state index contributed by atoms with van der Waals surface area (Å²) in [4.78, 5) is 24.3. The lowest BCUT2D eigenvalue weighted by atomic mass is 10.1. The Hall–Kier alpha value is -4.37. The Kier molecular flexibility index (Phi) is 7.21. The van der Waals surface area contributed by atoms with Gasteiger partial charge in [-0.05, 0) is 71.4 Å². The van der Waals surface area contributed by atoms with Crippen molar-refractivity contribution < 1.29 is 22.7 Å². The van der Waals surface area contributed by atoms with Gasteiger partial charge in [-0.15, -0.1) is 0 Å². The van der Waals surface area contributed by atoms with E-state index in [0.717, 1.165) is 15.1 Å². The van der Waals surface area contributed by atoms with E-state index in [-0.39, 0.29) is 10.8 Å². The molecule has 0 radical (unpaired) electrons. The van der Waals surface area contributed by atoms with E-state index < -0.39 is 22.5 Å². The van der Waals surface area contributed by atoms with E-state index in [4.69, 9.17) is 4.74 Å². The highest BCUT2D eigenvalue weighted by Gasteiger charge is 2.27. The smallest absolute Gasteiger partial charge is 0.264 e. The normalized spacial score (nSPS) is 11.1. The van der Waals surface area contributed by atoms with Crippen LogP contribution in [0.15, 0.2) is 95.9 Å². The summed E-state index contributed by atoms with van der Waals surface area (Å²) < 4.78 is 33.4. The lowest BCUT2D eigenvalue weighted by Crippen LogP contribution is -2.38. The van der Waals surface area contributed by atoms with Crippen LogP contribution < -0.4 is 19.7 Å². The molecule has 0 unspecified atom stereocenters. The first kappa shape index (κ1) is 24.7. The number of methoxy groups -OCH3 is 1. The predicted molar refractivity (Wildman–Crippen MR) is 141 cm³/mol. The molecule has 8 nitrogen and oxygen atoms in total. The van der Waals surface area contributed by atoms with Gasteiger partial charge in [0.1, 0.15) is 12.3 Å². The molecule has 4 aromatic rings. The predicted octanol–water partition coefficient (Wildman–Crippen LogP) is 4.64. The maximum atomic E-state index is 13.6. The van der Waals surface area contributed by atoms with Gasteiger partial charge in [0.2, 0.25) is 11.8 Å². The Morgan fingerprint density at radius 3 is 2.08 bits per heavy atom. The molecule has 4 rings (SSSR count). The number of nitrogens with one attached hydrogen (secondary N) is 2.